The van der Waals surface area contributed by atoms with Gasteiger partial charge in [0, 0.05) is 11.4 Å². The van der Waals surface area contributed by atoms with E-state index in [0.29, 0.717) is 17.3 Å². The van der Waals surface area contributed by atoms with Crippen LogP contribution in [-0.4, -0.2) is 27.2 Å². The first-order chi connectivity index (χ1) is 15.8. The Morgan fingerprint density at radius 3 is 2.09 bits per heavy atom. The average Bonchev–Trinajstić information content (AvgIpc) is 2.74. The summed E-state index contributed by atoms with van der Waals surface area (Å²) in [4.78, 5) is 17.5. The second kappa shape index (κ2) is 10.7. The molecule has 0 fully saturated rings. The molecular formula is C22H20ClF3N6O2. The minimum absolute atomic E-state index is 0.174. The van der Waals surface area contributed by atoms with Gasteiger partial charge in [-0.05, 0) is 56.2 Å². The molecule has 5 N–H and O–H groups in total. The summed E-state index contributed by atoms with van der Waals surface area (Å²) in [5.41, 5.74) is 11.6. The number of anilines is 5. The lowest BCUT2D eigenvalue weighted by atomic mass is 10.1. The molecule has 0 spiro atoms. The molecule has 0 unspecified atom stereocenters. The summed E-state index contributed by atoms with van der Waals surface area (Å²) in [6.45, 7) is 6.10. The zero-order valence-electron chi connectivity index (χ0n) is 18.3. The number of benzene rings is 2. The normalized spacial score (nSPS) is 10.5. The van der Waals surface area contributed by atoms with Crippen molar-refractivity contribution in [3.63, 3.8) is 0 Å². The van der Waals surface area contributed by atoms with Crippen molar-refractivity contribution < 1.29 is 23.1 Å². The van der Waals surface area contributed by atoms with E-state index in [0.717, 1.165) is 22.5 Å². The number of aromatic nitrogens is 2. The van der Waals surface area contributed by atoms with E-state index in [1.165, 1.54) is 5.56 Å². The Balaban J connectivity index is 0.000000509. The minimum Gasteiger partial charge on any atom is -0.475 e. The zero-order valence-corrected chi connectivity index (χ0v) is 19.0. The van der Waals surface area contributed by atoms with Crippen LogP contribution in [0.3, 0.4) is 0 Å². The molecular weight excluding hydrogens is 473 g/mol. The molecule has 8 nitrogen and oxygen atoms in total. The molecule has 0 aliphatic heterocycles. The number of aliphatic carboxylic acids is 1. The highest BCUT2D eigenvalue weighted by atomic mass is 35.5. The average molecular weight is 493 g/mol. The molecule has 2 aromatic carbocycles. The fourth-order valence-corrected chi connectivity index (χ4v) is 2.99. The van der Waals surface area contributed by atoms with Gasteiger partial charge < -0.3 is 21.5 Å². The molecule has 0 aliphatic rings. The third-order valence-electron chi connectivity index (χ3n) is 4.31. The van der Waals surface area contributed by atoms with Crippen molar-refractivity contribution in [1.82, 2.24) is 9.97 Å². The second-order valence-electron chi connectivity index (χ2n) is 7.11. The van der Waals surface area contributed by atoms with Crippen LogP contribution in [0.25, 0.3) is 0 Å². The van der Waals surface area contributed by atoms with Gasteiger partial charge in [-0.2, -0.15) is 28.4 Å². The molecule has 0 saturated heterocycles. The standard InChI is InChI=1S/C20H19ClN6.C2HF3O2/c1-11-8-12(2)17(13(3)9-11)25-19-16(21)18(23)26-20(27-19)24-15-6-4-14(10-22)5-7-15;3-2(4,5)1(6)7/h4-9H,1-3H3,(H4,23,24,25,26,27);(H,6,7). The van der Waals surface area contributed by atoms with Gasteiger partial charge in [-0.3, -0.25) is 0 Å². The summed E-state index contributed by atoms with van der Waals surface area (Å²) in [7, 11) is 0. The molecule has 0 amide bonds. The van der Waals surface area contributed by atoms with Crippen molar-refractivity contribution in [2.75, 3.05) is 16.4 Å². The second-order valence-corrected chi connectivity index (χ2v) is 7.49. The maximum absolute atomic E-state index is 10.6. The molecule has 0 atom stereocenters. The lowest BCUT2D eigenvalue weighted by molar-refractivity contribution is -0.192. The van der Waals surface area contributed by atoms with Gasteiger partial charge in [0.25, 0.3) is 0 Å². The Morgan fingerprint density at radius 1 is 1.09 bits per heavy atom. The Morgan fingerprint density at radius 2 is 1.62 bits per heavy atom. The van der Waals surface area contributed by atoms with Crippen molar-refractivity contribution in [1.29, 1.82) is 5.26 Å². The minimum atomic E-state index is -5.08. The van der Waals surface area contributed by atoms with E-state index in [1.807, 2.05) is 13.8 Å². The van der Waals surface area contributed by atoms with Crippen LogP contribution in [0.2, 0.25) is 5.02 Å². The molecule has 0 radical (unpaired) electrons. The first-order valence-corrected chi connectivity index (χ1v) is 9.94. The number of aryl methyl sites for hydroxylation is 3. The van der Waals surface area contributed by atoms with Crippen molar-refractivity contribution >= 4 is 46.5 Å². The van der Waals surface area contributed by atoms with Crippen LogP contribution in [0, 0.1) is 32.1 Å². The third-order valence-corrected chi connectivity index (χ3v) is 4.68. The van der Waals surface area contributed by atoms with E-state index in [-0.39, 0.29) is 10.8 Å². The first-order valence-electron chi connectivity index (χ1n) is 9.57. The van der Waals surface area contributed by atoms with Crippen molar-refractivity contribution in [2.24, 2.45) is 0 Å². The number of carboxylic acids is 1. The molecule has 0 saturated carbocycles. The number of halogens is 4. The van der Waals surface area contributed by atoms with Gasteiger partial charge in [0.05, 0.1) is 11.6 Å². The number of carbonyl (C=O) groups is 1. The molecule has 1 heterocycles. The van der Waals surface area contributed by atoms with Crippen LogP contribution in [0.15, 0.2) is 36.4 Å². The number of nitrogens with two attached hydrogens (primary N) is 1. The predicted molar refractivity (Wildman–Crippen MR) is 124 cm³/mol. The summed E-state index contributed by atoms with van der Waals surface area (Å²) >= 11 is 6.32. The molecule has 0 aliphatic carbocycles. The maximum atomic E-state index is 10.6. The highest BCUT2D eigenvalue weighted by Gasteiger charge is 2.38. The zero-order chi connectivity index (χ0) is 25.6. The number of rotatable bonds is 4. The Labute approximate surface area is 198 Å². The van der Waals surface area contributed by atoms with Gasteiger partial charge in [-0.1, -0.05) is 29.3 Å². The van der Waals surface area contributed by atoms with E-state index in [1.54, 1.807) is 24.3 Å². The lowest BCUT2D eigenvalue weighted by Crippen LogP contribution is -2.21. The fourth-order valence-electron chi connectivity index (χ4n) is 2.86. The van der Waals surface area contributed by atoms with E-state index in [9.17, 15) is 13.2 Å². The largest absolute Gasteiger partial charge is 0.490 e. The molecule has 1 aromatic heterocycles. The molecule has 3 rings (SSSR count). The van der Waals surface area contributed by atoms with Crippen LogP contribution in [0.5, 0.6) is 0 Å². The van der Waals surface area contributed by atoms with Crippen LogP contribution in [0.4, 0.5) is 42.1 Å². The van der Waals surface area contributed by atoms with Gasteiger partial charge in [-0.25, -0.2) is 4.79 Å². The van der Waals surface area contributed by atoms with Crippen molar-refractivity contribution in [3.05, 3.63) is 63.7 Å². The highest BCUT2D eigenvalue weighted by Crippen LogP contribution is 2.32. The number of nitriles is 1. The molecule has 12 heteroatoms. The molecule has 178 valence electrons. The van der Waals surface area contributed by atoms with Gasteiger partial charge >= 0.3 is 12.1 Å². The van der Waals surface area contributed by atoms with Gasteiger partial charge in [0.15, 0.2) is 5.82 Å². The monoisotopic (exact) mass is 492 g/mol. The summed E-state index contributed by atoms with van der Waals surface area (Å²) < 4.78 is 31.7. The first kappa shape index (κ1) is 26.2. The third kappa shape index (κ3) is 6.98. The highest BCUT2D eigenvalue weighted by molar-refractivity contribution is 6.35. The number of nitrogen functional groups attached to an aromatic ring is 1. The Kier molecular flexibility index (Phi) is 8.26. The lowest BCUT2D eigenvalue weighted by Gasteiger charge is -2.16. The van der Waals surface area contributed by atoms with Gasteiger partial charge in [0.1, 0.15) is 10.8 Å². The fraction of sp³-hybridized carbons (Fsp3) is 0.182. The van der Waals surface area contributed by atoms with Crippen LogP contribution in [-0.2, 0) is 4.79 Å². The predicted octanol–water partition coefficient (Wildman–Crippen LogP) is 5.63. The topological polar surface area (TPSA) is 137 Å². The summed E-state index contributed by atoms with van der Waals surface area (Å²) in [6.07, 6.45) is -5.08. The quantitative estimate of drug-likeness (QED) is 0.367. The van der Waals surface area contributed by atoms with Gasteiger partial charge in [-0.15, -0.1) is 0 Å². The van der Waals surface area contributed by atoms with Crippen LogP contribution in [0.1, 0.15) is 22.3 Å². The van der Waals surface area contributed by atoms with Crippen LogP contribution >= 0.6 is 11.6 Å². The summed E-state index contributed by atoms with van der Waals surface area (Å²) in [5.74, 6) is -1.85. The Hall–Kier alpha value is -4.04. The SMILES string of the molecule is Cc1cc(C)c(Nc2nc(Nc3ccc(C#N)cc3)nc(N)c2Cl)c(C)c1.O=C(O)C(F)(F)F. The number of nitrogens with one attached hydrogen (secondary N) is 2. The van der Waals surface area contributed by atoms with Crippen molar-refractivity contribution in [2.45, 2.75) is 26.9 Å². The van der Waals surface area contributed by atoms with Gasteiger partial charge in [0.2, 0.25) is 5.95 Å². The number of hydrogen-bond acceptors (Lipinski definition) is 7. The summed E-state index contributed by atoms with van der Waals surface area (Å²) in [6, 6.07) is 13.2. The number of alkyl halides is 3. The van der Waals surface area contributed by atoms with E-state index < -0.39 is 12.1 Å². The smallest absolute Gasteiger partial charge is 0.475 e. The van der Waals surface area contributed by atoms with Crippen LogP contribution < -0.4 is 16.4 Å². The molecule has 34 heavy (non-hydrogen) atoms. The van der Waals surface area contributed by atoms with E-state index in [2.05, 4.69) is 45.7 Å². The van der Waals surface area contributed by atoms with E-state index in [4.69, 9.17) is 32.5 Å². The maximum Gasteiger partial charge on any atom is 0.490 e. The molecule has 3 aromatic rings. The summed E-state index contributed by atoms with van der Waals surface area (Å²) in [5, 5.41) is 22.6. The van der Waals surface area contributed by atoms with E-state index >= 15 is 0 Å². The number of nitrogens with zero attached hydrogens (tertiary/aromatic N) is 3. The molecule has 0 bridgehead atoms. The number of hydrogen-bond donors (Lipinski definition) is 4. The Bertz CT molecular complexity index is 1220. The number of carboxylic acid groups (broad SMARTS) is 1. The van der Waals surface area contributed by atoms with Crippen molar-refractivity contribution in [3.8, 4) is 6.07 Å².